The zero-order valence-corrected chi connectivity index (χ0v) is 31.7. The number of amides is 4. The molecule has 4 amide bonds. The number of rotatable bonds is 8. The number of carbonyl (C=O) groups excluding carboxylic acids is 4. The van der Waals surface area contributed by atoms with Crippen molar-refractivity contribution in [2.45, 2.75) is 119 Å². The number of fused-ring (bicyclic) bond motifs is 3. The number of aryl methyl sites for hydroxylation is 1. The number of allylic oxidation sites excluding steroid dienone is 1. The molecule has 0 radical (unpaired) electrons. The third-order valence-corrected chi connectivity index (χ3v) is 13.0. The second-order valence-corrected chi connectivity index (χ2v) is 17.2. The molecule has 0 spiro atoms. The number of sulfonamides is 1. The Kier molecular flexibility index (Phi) is 11.0. The Labute approximate surface area is 316 Å². The number of ether oxygens (including phenoxy) is 3. The van der Waals surface area contributed by atoms with Crippen LogP contribution in [0.3, 0.4) is 0 Å². The molecule has 6 atom stereocenters. The summed E-state index contributed by atoms with van der Waals surface area (Å²) in [5, 5.41) is 5.04. The molecule has 1 saturated heterocycles. The highest BCUT2D eigenvalue weighted by molar-refractivity contribution is 7.91. The molecule has 6 rings (SSSR count). The number of alkyl halides is 3. The van der Waals surface area contributed by atoms with Crippen molar-refractivity contribution in [1.29, 1.82) is 0 Å². The molecule has 19 heteroatoms. The summed E-state index contributed by atoms with van der Waals surface area (Å²) in [5.74, 6) is -2.35. The maximum atomic E-state index is 14.3. The highest BCUT2D eigenvalue weighted by Crippen LogP contribution is 2.47. The van der Waals surface area contributed by atoms with Gasteiger partial charge in [0.2, 0.25) is 27.7 Å². The fourth-order valence-corrected chi connectivity index (χ4v) is 8.16. The number of halogens is 3. The van der Waals surface area contributed by atoms with Crippen LogP contribution in [-0.2, 0) is 29.1 Å². The van der Waals surface area contributed by atoms with E-state index in [1.54, 1.807) is 31.2 Å². The second-order valence-electron chi connectivity index (χ2n) is 15.0. The van der Waals surface area contributed by atoms with E-state index in [0.29, 0.717) is 67.9 Å². The summed E-state index contributed by atoms with van der Waals surface area (Å²) in [4.78, 5) is 65.4. The van der Waals surface area contributed by atoms with Crippen LogP contribution in [0.25, 0.3) is 11.0 Å². The Morgan fingerprint density at radius 2 is 1.85 bits per heavy atom. The number of benzene rings is 1. The third kappa shape index (κ3) is 8.60. The molecule has 300 valence electrons. The Bertz CT molecular complexity index is 1990. The minimum Gasteiger partial charge on any atom is -0.497 e. The van der Waals surface area contributed by atoms with E-state index in [4.69, 9.17) is 9.47 Å². The summed E-state index contributed by atoms with van der Waals surface area (Å²) in [6, 6.07) is 2.42. The number of alkyl carbamates (subject to hydrolysis) is 1. The van der Waals surface area contributed by atoms with Gasteiger partial charge in [0.05, 0.1) is 29.4 Å². The van der Waals surface area contributed by atoms with Gasteiger partial charge in [0.1, 0.15) is 35.2 Å². The number of carbonyl (C=O) groups is 4. The lowest BCUT2D eigenvalue weighted by atomic mass is 10.0. The first kappa shape index (κ1) is 40.0. The van der Waals surface area contributed by atoms with Gasteiger partial charge >= 0.3 is 12.3 Å². The molecule has 15 nitrogen and oxygen atoms in total. The second kappa shape index (κ2) is 15.1. The summed E-state index contributed by atoms with van der Waals surface area (Å²) in [6.45, 7) is 3.65. The van der Waals surface area contributed by atoms with Crippen LogP contribution in [0, 0.1) is 12.8 Å². The van der Waals surface area contributed by atoms with Crippen molar-refractivity contribution >= 4 is 44.9 Å². The Morgan fingerprint density at radius 1 is 1.11 bits per heavy atom. The van der Waals surface area contributed by atoms with Crippen molar-refractivity contribution in [3.8, 4) is 11.6 Å². The first-order valence-electron chi connectivity index (χ1n) is 18.2. The smallest absolute Gasteiger partial charge is 0.425 e. The van der Waals surface area contributed by atoms with Gasteiger partial charge in [0.25, 0.3) is 5.91 Å². The molecular formula is C36H45F3N6O9S. The molecule has 3 heterocycles. The fraction of sp³-hybridized carbons (Fsp3) is 0.611. The molecular weight excluding hydrogens is 749 g/mol. The van der Waals surface area contributed by atoms with Gasteiger partial charge in [0.15, 0.2) is 6.10 Å². The van der Waals surface area contributed by atoms with Crippen molar-refractivity contribution in [3.63, 3.8) is 0 Å². The van der Waals surface area contributed by atoms with E-state index in [0.717, 1.165) is 4.90 Å². The lowest BCUT2D eigenvalue weighted by Gasteiger charge is -2.30. The van der Waals surface area contributed by atoms with Crippen LogP contribution in [0.15, 0.2) is 30.4 Å². The summed E-state index contributed by atoms with van der Waals surface area (Å²) >= 11 is 0. The SMILES string of the molecule is COc1ccc2nc(C)c(O[C@@H]3C[C@H]4C(=O)N[C@]5(C(=O)NS(=O)(=O)C6(C)CC6)C[C@H]5/C=C\CCCCC[C@H](NC(=O)O[C@H](C)C(F)(F)F)C(=O)N4C3)nc2c1. The van der Waals surface area contributed by atoms with E-state index >= 15 is 0 Å². The number of nitrogens with zero attached hydrogens (tertiary/aromatic N) is 3. The van der Waals surface area contributed by atoms with Gasteiger partial charge in [-0.25, -0.2) is 23.2 Å². The number of nitrogens with one attached hydrogen (secondary N) is 3. The third-order valence-electron chi connectivity index (χ3n) is 10.8. The molecule has 3 N–H and O–H groups in total. The lowest BCUT2D eigenvalue weighted by molar-refractivity contribution is -0.197. The number of hydrogen-bond acceptors (Lipinski definition) is 11. The standard InChI is InChI=1S/C36H45F3N6O9S/c1-20-30(41-27-16-23(52-4)12-13-25(27)40-20)54-24-17-28-29(46)43-35(32(48)44-55(50,51)34(3)14-15-34)18-22(35)10-8-6-5-7-9-11-26(31(47)45(28)19-24)42-33(49)53-21(2)36(37,38)39/h8,10,12-13,16,21-22,24,26,28H,5-7,9,11,14-15,17-19H2,1-4H3,(H,42,49)(H,43,46)(H,44,48)/b10-8-/t21-,22-,24-,26+,28+,35-/m1/s1. The van der Waals surface area contributed by atoms with Crippen LogP contribution in [-0.4, -0.2) is 102 Å². The first-order chi connectivity index (χ1) is 25.9. The van der Waals surface area contributed by atoms with Gasteiger partial charge in [-0.15, -0.1) is 0 Å². The van der Waals surface area contributed by atoms with Crippen molar-refractivity contribution in [2.24, 2.45) is 5.92 Å². The van der Waals surface area contributed by atoms with Gasteiger partial charge in [0, 0.05) is 18.4 Å². The molecule has 1 aromatic carbocycles. The van der Waals surface area contributed by atoms with Crippen LogP contribution in [0.1, 0.15) is 77.3 Å². The van der Waals surface area contributed by atoms with E-state index in [9.17, 15) is 40.8 Å². The summed E-state index contributed by atoms with van der Waals surface area (Å²) in [6.07, 6.45) is -3.07. The predicted octanol–water partition coefficient (Wildman–Crippen LogP) is 3.73. The maximum Gasteiger partial charge on any atom is 0.425 e. The highest BCUT2D eigenvalue weighted by Gasteiger charge is 2.63. The van der Waals surface area contributed by atoms with E-state index in [1.807, 2.05) is 6.08 Å². The summed E-state index contributed by atoms with van der Waals surface area (Å²) in [5.41, 5.74) is -0.204. The number of aromatic nitrogens is 2. The highest BCUT2D eigenvalue weighted by atomic mass is 32.2. The average Bonchev–Trinajstić information content (AvgIpc) is 4.00. The van der Waals surface area contributed by atoms with Gasteiger partial charge in [-0.3, -0.25) is 19.1 Å². The van der Waals surface area contributed by atoms with Gasteiger partial charge < -0.3 is 29.7 Å². The van der Waals surface area contributed by atoms with Crippen LogP contribution in [0.5, 0.6) is 11.6 Å². The predicted molar refractivity (Wildman–Crippen MR) is 190 cm³/mol. The van der Waals surface area contributed by atoms with Crippen LogP contribution < -0.4 is 24.8 Å². The minimum atomic E-state index is -4.84. The van der Waals surface area contributed by atoms with Crippen molar-refractivity contribution in [3.05, 3.63) is 36.0 Å². The van der Waals surface area contributed by atoms with Crippen molar-refractivity contribution < 1.29 is 55.0 Å². The molecule has 0 unspecified atom stereocenters. The fourth-order valence-electron chi connectivity index (χ4n) is 6.85. The average molecular weight is 795 g/mol. The quantitative estimate of drug-likeness (QED) is 0.330. The first-order valence-corrected chi connectivity index (χ1v) is 19.7. The van der Waals surface area contributed by atoms with Crippen LogP contribution in [0.2, 0.25) is 0 Å². The zero-order valence-electron chi connectivity index (χ0n) is 30.9. The van der Waals surface area contributed by atoms with Gasteiger partial charge in [-0.05, 0) is 71.4 Å². The molecule has 3 fully saturated rings. The monoisotopic (exact) mass is 794 g/mol. The summed E-state index contributed by atoms with van der Waals surface area (Å²) in [7, 11) is -2.56. The normalized spacial score (nSPS) is 27.9. The topological polar surface area (TPSA) is 195 Å². The molecule has 2 aromatic rings. The Balaban J connectivity index is 1.31. The molecule has 2 aliphatic carbocycles. The zero-order chi connectivity index (χ0) is 39.9. The van der Waals surface area contributed by atoms with E-state index in [1.165, 1.54) is 14.0 Å². The molecule has 55 heavy (non-hydrogen) atoms. The minimum absolute atomic E-state index is 0.0249. The van der Waals surface area contributed by atoms with E-state index in [-0.39, 0.29) is 31.7 Å². The van der Waals surface area contributed by atoms with E-state index in [2.05, 4.69) is 30.1 Å². The van der Waals surface area contributed by atoms with Crippen LogP contribution >= 0.6 is 0 Å². The Morgan fingerprint density at radius 3 is 2.55 bits per heavy atom. The van der Waals surface area contributed by atoms with E-state index < -0.39 is 80.5 Å². The molecule has 4 aliphatic rings. The summed E-state index contributed by atoms with van der Waals surface area (Å²) < 4.78 is 83.0. The number of methoxy groups -OCH3 is 1. The van der Waals surface area contributed by atoms with Gasteiger partial charge in [-0.1, -0.05) is 25.0 Å². The lowest BCUT2D eigenvalue weighted by Crippen LogP contribution is -2.58. The number of hydrogen-bond donors (Lipinski definition) is 3. The largest absolute Gasteiger partial charge is 0.497 e. The molecule has 2 saturated carbocycles. The van der Waals surface area contributed by atoms with Gasteiger partial charge in [-0.2, -0.15) is 13.2 Å². The van der Waals surface area contributed by atoms with Crippen molar-refractivity contribution in [2.75, 3.05) is 13.7 Å². The van der Waals surface area contributed by atoms with Crippen LogP contribution in [0.4, 0.5) is 18.0 Å². The molecule has 0 bridgehead atoms. The molecule has 1 aromatic heterocycles. The molecule has 2 aliphatic heterocycles. The van der Waals surface area contributed by atoms with Crippen molar-refractivity contribution in [1.82, 2.24) is 30.2 Å². The maximum absolute atomic E-state index is 14.3. The Hall–Kier alpha value is -4.68.